The van der Waals surface area contributed by atoms with Crippen molar-refractivity contribution in [1.29, 1.82) is 0 Å². The molecule has 0 aliphatic heterocycles. The largest absolute Gasteiger partial charge is 0.399 e. The molecule has 1 heteroatoms. The van der Waals surface area contributed by atoms with Gasteiger partial charge in [0.25, 0.3) is 0 Å². The van der Waals surface area contributed by atoms with Gasteiger partial charge in [0.05, 0.1) is 0 Å². The van der Waals surface area contributed by atoms with Gasteiger partial charge < -0.3 is 5.73 Å². The summed E-state index contributed by atoms with van der Waals surface area (Å²) < 4.78 is 0. The summed E-state index contributed by atoms with van der Waals surface area (Å²) in [7, 11) is 0. The minimum Gasteiger partial charge on any atom is -0.399 e. The van der Waals surface area contributed by atoms with Crippen molar-refractivity contribution in [3.8, 4) is 11.1 Å². The Hall–Kier alpha value is -2.28. The van der Waals surface area contributed by atoms with E-state index in [0.717, 1.165) is 5.69 Å². The molecule has 20 heavy (non-hydrogen) atoms. The van der Waals surface area contributed by atoms with Crippen molar-refractivity contribution in [1.82, 2.24) is 0 Å². The van der Waals surface area contributed by atoms with E-state index < -0.39 is 0 Å². The Kier molecular flexibility index (Phi) is 2.10. The van der Waals surface area contributed by atoms with E-state index >= 15 is 0 Å². The summed E-state index contributed by atoms with van der Waals surface area (Å²) in [5.41, 5.74) is 12.3. The molecule has 0 amide bonds. The molecular formula is C19H17N. The lowest BCUT2D eigenvalue weighted by Crippen LogP contribution is -2.15. The molecule has 0 saturated carbocycles. The zero-order chi connectivity index (χ0) is 13.9. The Morgan fingerprint density at radius 3 is 2.50 bits per heavy atom. The van der Waals surface area contributed by atoms with Crippen molar-refractivity contribution in [3.63, 3.8) is 0 Å². The summed E-state index contributed by atoms with van der Waals surface area (Å²) in [6.07, 6.45) is 0. The standard InChI is InChI=1S/C19H17N/c1-19(2)17-10-8-13(20)11-16(17)15-9-7-12-5-3-4-6-14(12)18(15)19/h3-11H,20H2,1-2H3. The number of nitrogens with two attached hydrogens (primary N) is 1. The normalized spacial score (nSPS) is 15.1. The monoisotopic (exact) mass is 259 g/mol. The lowest BCUT2D eigenvalue weighted by Gasteiger charge is -2.23. The molecule has 0 spiro atoms. The molecule has 1 aliphatic rings. The van der Waals surface area contributed by atoms with Crippen LogP contribution in [0.5, 0.6) is 0 Å². The number of rotatable bonds is 0. The molecule has 4 rings (SSSR count). The lowest BCUT2D eigenvalue weighted by molar-refractivity contribution is 0.666. The lowest BCUT2D eigenvalue weighted by atomic mass is 9.80. The van der Waals surface area contributed by atoms with Gasteiger partial charge in [-0.3, -0.25) is 0 Å². The van der Waals surface area contributed by atoms with Crippen molar-refractivity contribution < 1.29 is 0 Å². The minimum absolute atomic E-state index is 0.0270. The Morgan fingerprint density at radius 2 is 1.65 bits per heavy atom. The number of anilines is 1. The van der Waals surface area contributed by atoms with E-state index in [9.17, 15) is 0 Å². The Labute approximate surface area is 119 Å². The van der Waals surface area contributed by atoms with Gasteiger partial charge in [-0.25, -0.2) is 0 Å². The van der Waals surface area contributed by atoms with Crippen molar-refractivity contribution in [3.05, 3.63) is 65.7 Å². The van der Waals surface area contributed by atoms with Gasteiger partial charge in [-0.15, -0.1) is 0 Å². The highest BCUT2D eigenvalue weighted by molar-refractivity contribution is 5.97. The molecule has 0 unspecified atom stereocenters. The summed E-state index contributed by atoms with van der Waals surface area (Å²) in [6.45, 7) is 4.61. The van der Waals surface area contributed by atoms with Crippen LogP contribution in [-0.4, -0.2) is 0 Å². The number of nitrogen functional groups attached to an aromatic ring is 1. The predicted octanol–water partition coefficient (Wildman–Crippen LogP) is 4.73. The number of hydrogen-bond donors (Lipinski definition) is 1. The van der Waals surface area contributed by atoms with E-state index in [1.54, 1.807) is 0 Å². The van der Waals surface area contributed by atoms with E-state index in [4.69, 9.17) is 5.73 Å². The van der Waals surface area contributed by atoms with Crippen molar-refractivity contribution >= 4 is 16.5 Å². The summed E-state index contributed by atoms with van der Waals surface area (Å²) in [6, 6.07) is 19.4. The molecule has 3 aromatic carbocycles. The van der Waals surface area contributed by atoms with Gasteiger partial charge >= 0.3 is 0 Å². The van der Waals surface area contributed by atoms with Gasteiger partial charge in [0.1, 0.15) is 0 Å². The summed E-state index contributed by atoms with van der Waals surface area (Å²) in [5, 5.41) is 2.66. The van der Waals surface area contributed by atoms with Crippen LogP contribution in [-0.2, 0) is 5.41 Å². The Morgan fingerprint density at radius 1 is 0.850 bits per heavy atom. The molecule has 2 N–H and O–H groups in total. The summed E-state index contributed by atoms with van der Waals surface area (Å²) >= 11 is 0. The van der Waals surface area contributed by atoms with Gasteiger partial charge in [-0.05, 0) is 45.2 Å². The average Bonchev–Trinajstić information content (AvgIpc) is 2.67. The SMILES string of the molecule is CC1(C)c2ccc(N)cc2-c2ccc3ccccc3c21. The van der Waals surface area contributed by atoms with Crippen molar-refractivity contribution in [2.75, 3.05) is 5.73 Å². The zero-order valence-corrected chi connectivity index (χ0v) is 11.8. The van der Waals surface area contributed by atoms with Crippen LogP contribution in [0.3, 0.4) is 0 Å². The molecule has 0 saturated heterocycles. The number of fused-ring (bicyclic) bond motifs is 5. The van der Waals surface area contributed by atoms with Crippen LogP contribution in [0.25, 0.3) is 21.9 Å². The molecule has 0 aromatic heterocycles. The average molecular weight is 259 g/mol. The van der Waals surface area contributed by atoms with E-state index in [1.807, 2.05) is 6.07 Å². The van der Waals surface area contributed by atoms with Crippen LogP contribution in [0.4, 0.5) is 5.69 Å². The molecule has 3 aromatic rings. The maximum Gasteiger partial charge on any atom is 0.0320 e. The van der Waals surface area contributed by atoms with Gasteiger partial charge in [0.15, 0.2) is 0 Å². The van der Waals surface area contributed by atoms with Crippen LogP contribution in [0.1, 0.15) is 25.0 Å². The van der Waals surface area contributed by atoms with Gasteiger partial charge in [-0.2, -0.15) is 0 Å². The highest BCUT2D eigenvalue weighted by Gasteiger charge is 2.36. The van der Waals surface area contributed by atoms with E-state index in [0.29, 0.717) is 0 Å². The first kappa shape index (κ1) is 11.5. The third-order valence-corrected chi connectivity index (χ3v) is 4.56. The summed E-state index contributed by atoms with van der Waals surface area (Å²) in [4.78, 5) is 0. The first-order valence-electron chi connectivity index (χ1n) is 7.01. The second-order valence-corrected chi connectivity index (χ2v) is 6.14. The smallest absolute Gasteiger partial charge is 0.0320 e. The third kappa shape index (κ3) is 1.32. The van der Waals surface area contributed by atoms with E-state index in [1.165, 1.54) is 33.0 Å². The quantitative estimate of drug-likeness (QED) is 0.580. The first-order valence-corrected chi connectivity index (χ1v) is 7.01. The van der Waals surface area contributed by atoms with E-state index in [-0.39, 0.29) is 5.41 Å². The van der Waals surface area contributed by atoms with Crippen molar-refractivity contribution in [2.45, 2.75) is 19.3 Å². The Bertz CT molecular complexity index is 844. The van der Waals surface area contributed by atoms with E-state index in [2.05, 4.69) is 62.4 Å². The molecular weight excluding hydrogens is 242 g/mol. The molecule has 0 bridgehead atoms. The fourth-order valence-electron chi connectivity index (χ4n) is 3.63. The highest BCUT2D eigenvalue weighted by atomic mass is 14.5. The highest BCUT2D eigenvalue weighted by Crippen LogP contribution is 2.51. The number of hydrogen-bond acceptors (Lipinski definition) is 1. The van der Waals surface area contributed by atoms with Crippen LogP contribution < -0.4 is 5.73 Å². The fourth-order valence-corrected chi connectivity index (χ4v) is 3.63. The maximum absolute atomic E-state index is 5.99. The predicted molar refractivity (Wildman–Crippen MR) is 85.9 cm³/mol. The molecule has 1 aliphatic carbocycles. The van der Waals surface area contributed by atoms with Crippen LogP contribution in [0, 0.1) is 0 Å². The van der Waals surface area contributed by atoms with Crippen LogP contribution in [0.15, 0.2) is 54.6 Å². The third-order valence-electron chi connectivity index (χ3n) is 4.56. The minimum atomic E-state index is 0.0270. The summed E-state index contributed by atoms with van der Waals surface area (Å²) in [5.74, 6) is 0. The molecule has 0 radical (unpaired) electrons. The van der Waals surface area contributed by atoms with Crippen molar-refractivity contribution in [2.24, 2.45) is 0 Å². The second-order valence-electron chi connectivity index (χ2n) is 6.14. The topological polar surface area (TPSA) is 26.0 Å². The van der Waals surface area contributed by atoms with Gasteiger partial charge in [0, 0.05) is 11.1 Å². The fraction of sp³-hybridized carbons (Fsp3) is 0.158. The Balaban J connectivity index is 2.18. The zero-order valence-electron chi connectivity index (χ0n) is 11.8. The van der Waals surface area contributed by atoms with Gasteiger partial charge in [0.2, 0.25) is 0 Å². The molecule has 0 fully saturated rings. The second kappa shape index (κ2) is 3.63. The molecule has 98 valence electrons. The molecule has 0 heterocycles. The van der Waals surface area contributed by atoms with Gasteiger partial charge in [-0.1, -0.05) is 56.3 Å². The molecule has 0 atom stereocenters. The number of benzene rings is 3. The van der Waals surface area contributed by atoms with Crippen LogP contribution in [0.2, 0.25) is 0 Å². The maximum atomic E-state index is 5.99. The van der Waals surface area contributed by atoms with Crippen LogP contribution >= 0.6 is 0 Å². The first-order chi connectivity index (χ1) is 9.59. The molecule has 1 nitrogen and oxygen atoms in total.